The lowest BCUT2D eigenvalue weighted by Crippen LogP contribution is -2.32. The van der Waals surface area contributed by atoms with Crippen LogP contribution in [0.25, 0.3) is 0 Å². The largest absolute Gasteiger partial charge is 0.393 e. The molecule has 11 heavy (non-hydrogen) atoms. The van der Waals surface area contributed by atoms with Crippen molar-refractivity contribution in [2.45, 2.75) is 38.0 Å². The molecule has 2 atom stereocenters. The molecule has 1 fully saturated rings. The van der Waals surface area contributed by atoms with Crippen LogP contribution < -0.4 is 0 Å². The summed E-state index contributed by atoms with van der Waals surface area (Å²) in [5, 5.41) is 8.94. The van der Waals surface area contributed by atoms with E-state index in [4.69, 9.17) is 5.11 Å². The summed E-state index contributed by atoms with van der Waals surface area (Å²) >= 11 is 0. The number of aliphatic hydroxyl groups is 1. The Morgan fingerprint density at radius 2 is 1.91 bits per heavy atom. The van der Waals surface area contributed by atoms with E-state index in [2.05, 4.69) is 0 Å². The highest BCUT2D eigenvalue weighted by Crippen LogP contribution is 2.34. The Morgan fingerprint density at radius 1 is 1.27 bits per heavy atom. The number of hydrogen-bond acceptors (Lipinski definition) is 1. The minimum atomic E-state index is -4.06. The summed E-state index contributed by atoms with van der Waals surface area (Å²) in [6, 6.07) is 0. The molecule has 0 bridgehead atoms. The van der Waals surface area contributed by atoms with Crippen molar-refractivity contribution in [1.82, 2.24) is 0 Å². The van der Waals surface area contributed by atoms with Crippen LogP contribution in [0.2, 0.25) is 0 Å². The smallest absolute Gasteiger partial charge is 0.389 e. The van der Waals surface area contributed by atoms with E-state index >= 15 is 0 Å². The van der Waals surface area contributed by atoms with E-state index in [1.807, 2.05) is 0 Å². The van der Waals surface area contributed by atoms with Crippen LogP contribution in [0.15, 0.2) is 0 Å². The van der Waals surface area contributed by atoms with Crippen molar-refractivity contribution in [2.24, 2.45) is 5.92 Å². The van der Waals surface area contributed by atoms with Gasteiger partial charge >= 0.3 is 6.18 Å². The maximum Gasteiger partial charge on any atom is 0.389 e. The van der Waals surface area contributed by atoms with Crippen molar-refractivity contribution in [3.63, 3.8) is 0 Å². The Kier molecular flexibility index (Phi) is 2.42. The molecule has 0 amide bonds. The lowest BCUT2D eigenvalue weighted by Gasteiger charge is -2.32. The van der Waals surface area contributed by atoms with E-state index in [1.165, 1.54) is 0 Å². The zero-order chi connectivity index (χ0) is 8.48. The predicted octanol–water partition coefficient (Wildman–Crippen LogP) is 2.10. The fourth-order valence-electron chi connectivity index (χ4n) is 1.24. The molecule has 1 nitrogen and oxygen atoms in total. The van der Waals surface area contributed by atoms with Gasteiger partial charge in [-0.15, -0.1) is 0 Å². The molecule has 0 aliphatic heterocycles. The molecule has 0 aromatic rings. The average Bonchev–Trinajstić information content (AvgIpc) is 1.82. The molecule has 1 aliphatic carbocycles. The molecule has 1 N–H and O–H groups in total. The summed E-state index contributed by atoms with van der Waals surface area (Å²) in [6.45, 7) is 0. The van der Waals surface area contributed by atoms with Gasteiger partial charge in [0.1, 0.15) is 0 Å². The predicted molar refractivity (Wildman–Crippen MR) is 34.0 cm³/mol. The zero-order valence-corrected chi connectivity index (χ0v) is 6.06. The van der Waals surface area contributed by atoms with Crippen molar-refractivity contribution in [2.75, 3.05) is 0 Å². The first-order valence-electron chi connectivity index (χ1n) is 3.74. The molecule has 1 aliphatic rings. The molecule has 0 radical (unpaired) electrons. The molecular formula is C7H11F3O. The topological polar surface area (TPSA) is 20.2 Å². The van der Waals surface area contributed by atoms with E-state index in [-0.39, 0.29) is 12.3 Å². The van der Waals surface area contributed by atoms with E-state index in [0.29, 0.717) is 6.42 Å². The van der Waals surface area contributed by atoms with Crippen LogP contribution in [-0.2, 0) is 0 Å². The fourth-order valence-corrected chi connectivity index (χ4v) is 1.24. The van der Waals surface area contributed by atoms with Gasteiger partial charge in [0.05, 0.1) is 6.10 Å². The van der Waals surface area contributed by atoms with Gasteiger partial charge in [0, 0.05) is 6.42 Å². The van der Waals surface area contributed by atoms with Crippen LogP contribution in [0.4, 0.5) is 13.2 Å². The molecule has 4 heteroatoms. The minimum absolute atomic E-state index is 0.0880. The third-order valence-electron chi connectivity index (χ3n) is 2.18. The molecule has 1 rings (SSSR count). The van der Waals surface area contributed by atoms with E-state index in [0.717, 1.165) is 6.42 Å². The number of rotatable bonds is 2. The van der Waals surface area contributed by atoms with Crippen LogP contribution in [0.1, 0.15) is 25.7 Å². The van der Waals surface area contributed by atoms with E-state index in [1.54, 1.807) is 0 Å². The van der Waals surface area contributed by atoms with Crippen LogP contribution in [0.3, 0.4) is 0 Å². The highest BCUT2D eigenvalue weighted by Gasteiger charge is 2.34. The van der Waals surface area contributed by atoms with Gasteiger partial charge < -0.3 is 5.11 Å². The first-order chi connectivity index (χ1) is 4.99. The second-order valence-electron chi connectivity index (χ2n) is 3.06. The number of aliphatic hydroxyl groups excluding tert-OH is 1. The third-order valence-corrected chi connectivity index (χ3v) is 2.18. The molecule has 0 heterocycles. The van der Waals surface area contributed by atoms with Crippen LogP contribution in [-0.4, -0.2) is 17.4 Å². The van der Waals surface area contributed by atoms with Gasteiger partial charge in [0.25, 0.3) is 0 Å². The second-order valence-corrected chi connectivity index (χ2v) is 3.06. The second kappa shape index (κ2) is 3.01. The van der Waals surface area contributed by atoms with E-state index in [9.17, 15) is 13.2 Å². The normalized spacial score (nSPS) is 31.6. The van der Waals surface area contributed by atoms with E-state index < -0.39 is 18.7 Å². The SMILES string of the molecule is OC1CCC1CCC(F)(F)F. The van der Waals surface area contributed by atoms with Crippen molar-refractivity contribution in [1.29, 1.82) is 0 Å². The number of alkyl halides is 3. The molecule has 0 aromatic heterocycles. The Balaban J connectivity index is 2.12. The standard InChI is InChI=1S/C7H11F3O/c8-7(9,10)4-3-5-1-2-6(5)11/h5-6,11H,1-4H2. The molecular weight excluding hydrogens is 157 g/mol. The third kappa shape index (κ3) is 2.69. The molecule has 1 saturated carbocycles. The Labute approximate surface area is 63.2 Å². The van der Waals surface area contributed by atoms with Crippen molar-refractivity contribution >= 4 is 0 Å². The van der Waals surface area contributed by atoms with Gasteiger partial charge in [-0.2, -0.15) is 13.2 Å². The molecule has 0 aromatic carbocycles. The van der Waals surface area contributed by atoms with Gasteiger partial charge in [0.15, 0.2) is 0 Å². The number of hydrogen-bond donors (Lipinski definition) is 1. The monoisotopic (exact) mass is 168 g/mol. The van der Waals surface area contributed by atoms with Gasteiger partial charge in [0.2, 0.25) is 0 Å². The van der Waals surface area contributed by atoms with Crippen molar-refractivity contribution in [3.8, 4) is 0 Å². The number of halogens is 3. The summed E-state index contributed by atoms with van der Waals surface area (Å²) in [5.74, 6) is -0.100. The highest BCUT2D eigenvalue weighted by molar-refractivity contribution is 4.80. The summed E-state index contributed by atoms with van der Waals surface area (Å²) in [7, 11) is 0. The summed E-state index contributed by atoms with van der Waals surface area (Å²) in [6.07, 6.45) is -3.79. The molecule has 2 unspecified atom stereocenters. The van der Waals surface area contributed by atoms with Gasteiger partial charge in [-0.1, -0.05) is 0 Å². The lowest BCUT2D eigenvalue weighted by molar-refractivity contribution is -0.142. The van der Waals surface area contributed by atoms with Crippen LogP contribution in [0.5, 0.6) is 0 Å². The van der Waals surface area contributed by atoms with Crippen LogP contribution in [0, 0.1) is 5.92 Å². The van der Waals surface area contributed by atoms with Crippen molar-refractivity contribution in [3.05, 3.63) is 0 Å². The first-order valence-corrected chi connectivity index (χ1v) is 3.74. The summed E-state index contributed by atoms with van der Waals surface area (Å²) in [4.78, 5) is 0. The van der Waals surface area contributed by atoms with Crippen molar-refractivity contribution < 1.29 is 18.3 Å². The minimum Gasteiger partial charge on any atom is -0.393 e. The van der Waals surface area contributed by atoms with Gasteiger partial charge in [-0.05, 0) is 25.2 Å². The lowest BCUT2D eigenvalue weighted by atomic mass is 9.79. The Hall–Kier alpha value is -0.250. The van der Waals surface area contributed by atoms with Crippen LogP contribution >= 0.6 is 0 Å². The summed E-state index contributed by atoms with van der Waals surface area (Å²) in [5.41, 5.74) is 0. The summed E-state index contributed by atoms with van der Waals surface area (Å²) < 4.78 is 34.9. The maximum atomic E-state index is 11.6. The van der Waals surface area contributed by atoms with Gasteiger partial charge in [-0.3, -0.25) is 0 Å². The maximum absolute atomic E-state index is 11.6. The molecule has 0 spiro atoms. The fraction of sp³-hybridized carbons (Fsp3) is 1.00. The molecule has 0 saturated heterocycles. The molecule has 66 valence electrons. The Morgan fingerprint density at radius 3 is 2.18 bits per heavy atom. The first kappa shape index (κ1) is 8.84. The zero-order valence-electron chi connectivity index (χ0n) is 6.06. The van der Waals surface area contributed by atoms with Gasteiger partial charge in [-0.25, -0.2) is 0 Å². The Bertz CT molecular complexity index is 132. The highest BCUT2D eigenvalue weighted by atomic mass is 19.4. The quantitative estimate of drug-likeness (QED) is 0.669. The average molecular weight is 168 g/mol.